The predicted octanol–water partition coefficient (Wildman–Crippen LogP) is 1.00. The molecule has 2 N–H and O–H groups in total. The molecule has 0 aliphatic heterocycles. The first-order valence-corrected chi connectivity index (χ1v) is 5.81. The minimum Gasteiger partial charge on any atom is -0.493 e. The van der Waals surface area contributed by atoms with E-state index >= 15 is 0 Å². The second-order valence-corrected chi connectivity index (χ2v) is 4.01. The van der Waals surface area contributed by atoms with Gasteiger partial charge in [-0.05, 0) is 6.07 Å². The van der Waals surface area contributed by atoms with Crippen molar-refractivity contribution in [2.75, 3.05) is 47.3 Å². The molecule has 0 heterocycles. The lowest BCUT2D eigenvalue weighted by molar-refractivity contribution is 0.0745. The van der Waals surface area contributed by atoms with Gasteiger partial charge in [0.2, 0.25) is 0 Å². The predicted molar refractivity (Wildman–Crippen MR) is 72.8 cm³/mol. The average Bonchev–Trinajstić information content (AvgIpc) is 2.43. The van der Waals surface area contributed by atoms with Gasteiger partial charge in [0, 0.05) is 32.5 Å². The van der Waals surface area contributed by atoms with E-state index in [2.05, 4.69) is 0 Å². The van der Waals surface area contributed by atoms with Crippen molar-refractivity contribution in [2.45, 2.75) is 0 Å². The lowest BCUT2D eigenvalue weighted by Gasteiger charge is -2.19. The van der Waals surface area contributed by atoms with Crippen LogP contribution < -0.4 is 15.2 Å². The number of hydrogen-bond acceptors (Lipinski definition) is 5. The van der Waals surface area contributed by atoms with Crippen LogP contribution in [0, 0.1) is 0 Å². The molecule has 1 rings (SSSR count). The third kappa shape index (κ3) is 3.51. The standard InChI is InChI=1S/C13H20N2O4/c1-15(5-6-17-2)13(16)9-7-11(18-3)12(19-4)8-10(9)14/h7-8H,5-6,14H2,1-4H3. The van der Waals surface area contributed by atoms with E-state index in [0.29, 0.717) is 35.9 Å². The zero-order valence-corrected chi connectivity index (χ0v) is 11.7. The summed E-state index contributed by atoms with van der Waals surface area (Å²) >= 11 is 0. The Bertz CT molecular complexity index is 449. The van der Waals surface area contributed by atoms with Gasteiger partial charge in [0.25, 0.3) is 5.91 Å². The molecule has 0 saturated heterocycles. The van der Waals surface area contributed by atoms with Crippen LogP contribution in [0.2, 0.25) is 0 Å². The van der Waals surface area contributed by atoms with E-state index in [1.54, 1.807) is 31.2 Å². The molecule has 0 fully saturated rings. The van der Waals surface area contributed by atoms with Crippen LogP contribution in [0.1, 0.15) is 10.4 Å². The molecule has 0 bridgehead atoms. The Morgan fingerprint density at radius 2 is 1.79 bits per heavy atom. The zero-order valence-electron chi connectivity index (χ0n) is 11.7. The maximum Gasteiger partial charge on any atom is 0.255 e. The fourth-order valence-corrected chi connectivity index (χ4v) is 1.62. The molecule has 106 valence electrons. The third-order valence-corrected chi connectivity index (χ3v) is 2.76. The third-order valence-electron chi connectivity index (χ3n) is 2.76. The van der Waals surface area contributed by atoms with Gasteiger partial charge in [-0.1, -0.05) is 0 Å². The number of hydrogen-bond donors (Lipinski definition) is 1. The van der Waals surface area contributed by atoms with E-state index < -0.39 is 0 Å². The van der Waals surface area contributed by atoms with Crippen LogP contribution in [0.3, 0.4) is 0 Å². The van der Waals surface area contributed by atoms with Crippen molar-refractivity contribution in [3.05, 3.63) is 17.7 Å². The number of nitrogen functional groups attached to an aromatic ring is 1. The number of rotatable bonds is 6. The molecule has 1 aromatic rings. The Hall–Kier alpha value is -1.95. The molecule has 1 aromatic carbocycles. The molecule has 6 heteroatoms. The molecule has 0 aliphatic rings. The number of nitrogens with zero attached hydrogens (tertiary/aromatic N) is 1. The highest BCUT2D eigenvalue weighted by atomic mass is 16.5. The summed E-state index contributed by atoms with van der Waals surface area (Å²) in [7, 11) is 6.31. The van der Waals surface area contributed by atoms with E-state index in [0.717, 1.165) is 0 Å². The molecule has 19 heavy (non-hydrogen) atoms. The fourth-order valence-electron chi connectivity index (χ4n) is 1.62. The summed E-state index contributed by atoms with van der Waals surface area (Å²) in [5.74, 6) is 0.784. The van der Waals surface area contributed by atoms with Gasteiger partial charge < -0.3 is 24.8 Å². The smallest absolute Gasteiger partial charge is 0.255 e. The van der Waals surface area contributed by atoms with Crippen molar-refractivity contribution in [3.8, 4) is 11.5 Å². The Labute approximate surface area is 113 Å². The topological polar surface area (TPSA) is 74.0 Å². The van der Waals surface area contributed by atoms with Crippen LogP contribution in [0.5, 0.6) is 11.5 Å². The van der Waals surface area contributed by atoms with E-state index in [9.17, 15) is 4.79 Å². The highest BCUT2D eigenvalue weighted by Gasteiger charge is 2.18. The summed E-state index contributed by atoms with van der Waals surface area (Å²) in [6.07, 6.45) is 0. The monoisotopic (exact) mass is 268 g/mol. The van der Waals surface area contributed by atoms with Gasteiger partial charge in [-0.15, -0.1) is 0 Å². The molecule has 0 spiro atoms. The van der Waals surface area contributed by atoms with Gasteiger partial charge in [0.05, 0.1) is 26.4 Å². The van der Waals surface area contributed by atoms with Crippen LogP contribution in [0.15, 0.2) is 12.1 Å². The van der Waals surface area contributed by atoms with Crippen molar-refractivity contribution in [1.29, 1.82) is 0 Å². The number of carbonyl (C=O) groups is 1. The Balaban J connectivity index is 3.02. The maximum absolute atomic E-state index is 12.2. The lowest BCUT2D eigenvalue weighted by Crippen LogP contribution is -2.30. The molecule has 0 aliphatic carbocycles. The van der Waals surface area contributed by atoms with Crippen LogP contribution >= 0.6 is 0 Å². The minimum atomic E-state index is -0.185. The number of nitrogens with two attached hydrogens (primary N) is 1. The molecular formula is C13H20N2O4. The first kappa shape index (κ1) is 15.1. The van der Waals surface area contributed by atoms with Crippen LogP contribution in [-0.2, 0) is 4.74 Å². The molecular weight excluding hydrogens is 248 g/mol. The summed E-state index contributed by atoms with van der Waals surface area (Å²) < 4.78 is 15.2. The van der Waals surface area contributed by atoms with Crippen molar-refractivity contribution in [1.82, 2.24) is 4.90 Å². The number of methoxy groups -OCH3 is 3. The summed E-state index contributed by atoms with van der Waals surface area (Å²) in [5, 5.41) is 0. The molecule has 6 nitrogen and oxygen atoms in total. The van der Waals surface area contributed by atoms with Gasteiger partial charge in [-0.25, -0.2) is 0 Å². The Kier molecular flexibility index (Phi) is 5.44. The molecule has 0 unspecified atom stereocenters. The summed E-state index contributed by atoms with van der Waals surface area (Å²) in [5.41, 5.74) is 6.61. The Morgan fingerprint density at radius 3 is 2.32 bits per heavy atom. The van der Waals surface area contributed by atoms with E-state index in [1.807, 2.05) is 0 Å². The first-order chi connectivity index (χ1) is 9.04. The molecule has 1 amide bonds. The van der Waals surface area contributed by atoms with Crippen molar-refractivity contribution in [2.24, 2.45) is 0 Å². The number of carbonyl (C=O) groups excluding carboxylic acids is 1. The first-order valence-electron chi connectivity index (χ1n) is 5.81. The summed E-state index contributed by atoms with van der Waals surface area (Å²) in [6.45, 7) is 0.957. The van der Waals surface area contributed by atoms with Crippen molar-refractivity contribution < 1.29 is 19.0 Å². The number of ether oxygens (including phenoxy) is 3. The van der Waals surface area contributed by atoms with Crippen LogP contribution in [0.4, 0.5) is 5.69 Å². The van der Waals surface area contributed by atoms with E-state index in [-0.39, 0.29) is 5.91 Å². The summed E-state index contributed by atoms with van der Waals surface area (Å²) in [4.78, 5) is 13.8. The number of benzene rings is 1. The molecule has 0 radical (unpaired) electrons. The summed E-state index contributed by atoms with van der Waals surface area (Å²) in [6, 6.07) is 3.16. The lowest BCUT2D eigenvalue weighted by atomic mass is 10.1. The van der Waals surface area contributed by atoms with Crippen molar-refractivity contribution in [3.63, 3.8) is 0 Å². The highest BCUT2D eigenvalue weighted by Crippen LogP contribution is 2.32. The molecule has 0 saturated carbocycles. The van der Waals surface area contributed by atoms with Crippen LogP contribution in [0.25, 0.3) is 0 Å². The number of amides is 1. The minimum absolute atomic E-state index is 0.185. The normalized spacial score (nSPS) is 10.1. The van der Waals surface area contributed by atoms with E-state index in [1.165, 1.54) is 14.2 Å². The largest absolute Gasteiger partial charge is 0.493 e. The number of likely N-dealkylation sites (N-methyl/N-ethyl adjacent to an activating group) is 1. The zero-order chi connectivity index (χ0) is 14.4. The van der Waals surface area contributed by atoms with Gasteiger partial charge in [-0.3, -0.25) is 4.79 Å². The fraction of sp³-hybridized carbons (Fsp3) is 0.462. The average molecular weight is 268 g/mol. The SMILES string of the molecule is COCCN(C)C(=O)c1cc(OC)c(OC)cc1N. The van der Waals surface area contributed by atoms with Crippen molar-refractivity contribution >= 4 is 11.6 Å². The Morgan fingerprint density at radius 1 is 1.21 bits per heavy atom. The molecule has 0 aromatic heterocycles. The second kappa shape index (κ2) is 6.84. The quantitative estimate of drug-likeness (QED) is 0.779. The van der Waals surface area contributed by atoms with Gasteiger partial charge in [0.15, 0.2) is 11.5 Å². The van der Waals surface area contributed by atoms with Gasteiger partial charge in [0.1, 0.15) is 0 Å². The van der Waals surface area contributed by atoms with E-state index in [4.69, 9.17) is 19.9 Å². The van der Waals surface area contributed by atoms with Gasteiger partial charge in [-0.2, -0.15) is 0 Å². The number of anilines is 1. The highest BCUT2D eigenvalue weighted by molar-refractivity contribution is 5.99. The van der Waals surface area contributed by atoms with Gasteiger partial charge >= 0.3 is 0 Å². The molecule has 0 atom stereocenters. The second-order valence-electron chi connectivity index (χ2n) is 4.01. The van der Waals surface area contributed by atoms with Crippen LogP contribution in [-0.4, -0.2) is 52.3 Å². The maximum atomic E-state index is 12.2.